The van der Waals surface area contributed by atoms with E-state index in [2.05, 4.69) is 37.0 Å². The molecule has 18 heavy (non-hydrogen) atoms. The molecule has 0 radical (unpaired) electrons. The monoisotopic (exact) mass is 388 g/mol. The molecule has 0 N–H and O–H groups in total. The van der Waals surface area contributed by atoms with Crippen molar-refractivity contribution in [3.8, 4) is 0 Å². The molecular formula is C12H10Br2N2OS. The summed E-state index contributed by atoms with van der Waals surface area (Å²) in [5.41, 5.74) is 1.52. The van der Waals surface area contributed by atoms with Gasteiger partial charge in [0, 0.05) is 22.1 Å². The molecule has 2 aromatic rings. The van der Waals surface area contributed by atoms with E-state index in [1.807, 2.05) is 26.1 Å². The van der Waals surface area contributed by atoms with Gasteiger partial charge in [-0.05, 0) is 57.0 Å². The number of nitrogens with zero attached hydrogens (tertiary/aromatic N) is 2. The van der Waals surface area contributed by atoms with Crippen LogP contribution < -0.4 is 0 Å². The van der Waals surface area contributed by atoms with Crippen molar-refractivity contribution >= 4 is 55.1 Å². The van der Waals surface area contributed by atoms with Crippen molar-refractivity contribution in [2.45, 2.75) is 6.92 Å². The number of rotatable bonds is 3. The quantitative estimate of drug-likeness (QED) is 0.582. The summed E-state index contributed by atoms with van der Waals surface area (Å²) < 4.78 is 3.71. The van der Waals surface area contributed by atoms with Gasteiger partial charge in [-0.15, -0.1) is 11.3 Å². The molecule has 0 spiro atoms. The maximum atomic E-state index is 12.0. The molecule has 2 heterocycles. The van der Waals surface area contributed by atoms with Gasteiger partial charge < -0.3 is 0 Å². The summed E-state index contributed by atoms with van der Waals surface area (Å²) in [6.45, 7) is 1.88. The van der Waals surface area contributed by atoms with Crippen LogP contribution in [0.5, 0.6) is 0 Å². The smallest absolute Gasteiger partial charge is 0.189 e. The number of allylic oxidation sites excluding steroid dienone is 1. The molecule has 3 nitrogen and oxygen atoms in total. The Labute approximate surface area is 126 Å². The van der Waals surface area contributed by atoms with Gasteiger partial charge in [0.05, 0.1) is 15.5 Å². The van der Waals surface area contributed by atoms with Crippen LogP contribution in [0.15, 0.2) is 26.6 Å². The van der Waals surface area contributed by atoms with E-state index in [4.69, 9.17) is 0 Å². The molecule has 0 atom stereocenters. The number of hydrogen-bond acceptors (Lipinski definition) is 3. The van der Waals surface area contributed by atoms with Gasteiger partial charge in [0.1, 0.15) is 0 Å². The van der Waals surface area contributed by atoms with E-state index >= 15 is 0 Å². The molecule has 2 rings (SSSR count). The Bertz CT molecular complexity index is 609. The average molecular weight is 390 g/mol. The largest absolute Gasteiger partial charge is 0.289 e. The summed E-state index contributed by atoms with van der Waals surface area (Å²) in [6, 6.07) is 1.97. The molecule has 0 amide bonds. The molecule has 6 heteroatoms. The number of hydrogen-bond donors (Lipinski definition) is 0. The van der Waals surface area contributed by atoms with E-state index in [1.54, 1.807) is 28.3 Å². The molecule has 94 valence electrons. The minimum Gasteiger partial charge on any atom is -0.289 e. The number of thiophene rings is 1. The predicted molar refractivity (Wildman–Crippen MR) is 81.0 cm³/mol. The summed E-state index contributed by atoms with van der Waals surface area (Å²) in [5, 5.41) is 4.06. The Morgan fingerprint density at radius 2 is 2.22 bits per heavy atom. The molecule has 0 aliphatic carbocycles. The maximum absolute atomic E-state index is 12.0. The van der Waals surface area contributed by atoms with Crippen molar-refractivity contribution in [1.82, 2.24) is 9.78 Å². The second kappa shape index (κ2) is 5.50. The minimum atomic E-state index is -0.0266. The minimum absolute atomic E-state index is 0.0266. The molecular weight excluding hydrogens is 380 g/mol. The highest BCUT2D eigenvalue weighted by molar-refractivity contribution is 9.13. The molecule has 0 unspecified atom stereocenters. The zero-order valence-corrected chi connectivity index (χ0v) is 13.8. The van der Waals surface area contributed by atoms with E-state index in [-0.39, 0.29) is 5.78 Å². The lowest BCUT2D eigenvalue weighted by molar-refractivity contribution is 0.104. The first kappa shape index (κ1) is 13.7. The third-order valence-electron chi connectivity index (χ3n) is 2.56. The second-order valence-corrected chi connectivity index (χ2v) is 6.99. The van der Waals surface area contributed by atoms with E-state index in [0.29, 0.717) is 5.56 Å². The number of aromatic nitrogens is 2. The molecule has 0 fully saturated rings. The van der Waals surface area contributed by atoms with E-state index in [0.717, 1.165) is 18.8 Å². The van der Waals surface area contributed by atoms with Gasteiger partial charge in [-0.1, -0.05) is 0 Å². The Morgan fingerprint density at radius 3 is 2.72 bits per heavy atom. The molecule has 0 aliphatic rings. The van der Waals surface area contributed by atoms with Crippen LogP contribution in [-0.2, 0) is 7.05 Å². The van der Waals surface area contributed by atoms with Crippen molar-refractivity contribution in [3.05, 3.63) is 42.7 Å². The number of aryl methyl sites for hydroxylation is 1. The number of halogens is 2. The van der Waals surface area contributed by atoms with Gasteiger partial charge in [-0.25, -0.2) is 0 Å². The summed E-state index contributed by atoms with van der Waals surface area (Å²) in [6.07, 6.45) is 4.99. The predicted octanol–water partition coefficient (Wildman–Crippen LogP) is 4.21. The highest BCUT2D eigenvalue weighted by atomic mass is 79.9. The van der Waals surface area contributed by atoms with Crippen molar-refractivity contribution in [2.24, 2.45) is 7.05 Å². The molecule has 2 aromatic heterocycles. The van der Waals surface area contributed by atoms with Crippen LogP contribution in [0.1, 0.15) is 20.9 Å². The summed E-state index contributed by atoms with van der Waals surface area (Å²) in [7, 11) is 1.82. The number of carbonyl (C=O) groups is 1. The fourth-order valence-corrected chi connectivity index (χ4v) is 3.43. The van der Waals surface area contributed by atoms with Crippen LogP contribution in [0.2, 0.25) is 0 Å². The Morgan fingerprint density at radius 1 is 1.50 bits per heavy atom. The van der Waals surface area contributed by atoms with Gasteiger partial charge in [-0.3, -0.25) is 9.48 Å². The number of ketones is 1. The Kier molecular flexibility index (Phi) is 4.19. The van der Waals surface area contributed by atoms with E-state index < -0.39 is 0 Å². The van der Waals surface area contributed by atoms with Crippen LogP contribution in [-0.4, -0.2) is 15.6 Å². The van der Waals surface area contributed by atoms with Crippen LogP contribution in [0.25, 0.3) is 6.08 Å². The Hall–Kier alpha value is -0.720. The lowest BCUT2D eigenvalue weighted by Crippen LogP contribution is -1.98. The molecule has 0 saturated heterocycles. The van der Waals surface area contributed by atoms with Crippen molar-refractivity contribution in [1.29, 1.82) is 0 Å². The zero-order valence-electron chi connectivity index (χ0n) is 9.78. The van der Waals surface area contributed by atoms with Gasteiger partial charge in [0.2, 0.25) is 0 Å². The second-order valence-electron chi connectivity index (χ2n) is 3.74. The van der Waals surface area contributed by atoms with Crippen LogP contribution >= 0.6 is 43.2 Å². The third kappa shape index (κ3) is 2.81. The van der Waals surface area contributed by atoms with Gasteiger partial charge >= 0.3 is 0 Å². The lowest BCUT2D eigenvalue weighted by Gasteiger charge is -1.95. The fraction of sp³-hybridized carbons (Fsp3) is 0.167. The first-order valence-electron chi connectivity index (χ1n) is 5.15. The first-order chi connectivity index (χ1) is 8.49. The van der Waals surface area contributed by atoms with Crippen LogP contribution in [0, 0.1) is 6.92 Å². The van der Waals surface area contributed by atoms with Gasteiger partial charge in [-0.2, -0.15) is 5.10 Å². The summed E-state index contributed by atoms with van der Waals surface area (Å²) >= 11 is 8.41. The molecule has 0 bridgehead atoms. The molecule has 0 aromatic carbocycles. The van der Waals surface area contributed by atoms with Crippen molar-refractivity contribution < 1.29 is 4.79 Å². The van der Waals surface area contributed by atoms with E-state index in [1.165, 1.54) is 0 Å². The highest BCUT2D eigenvalue weighted by Crippen LogP contribution is 2.33. The topological polar surface area (TPSA) is 34.9 Å². The third-order valence-corrected chi connectivity index (χ3v) is 5.79. The Balaban J connectivity index is 2.19. The number of carbonyl (C=O) groups excluding carboxylic acids is 1. The van der Waals surface area contributed by atoms with Crippen LogP contribution in [0.4, 0.5) is 0 Å². The first-order valence-corrected chi connectivity index (χ1v) is 7.55. The van der Waals surface area contributed by atoms with Gasteiger partial charge in [0.25, 0.3) is 0 Å². The molecule has 0 aliphatic heterocycles. The van der Waals surface area contributed by atoms with Crippen LogP contribution in [0.3, 0.4) is 0 Å². The van der Waals surface area contributed by atoms with Gasteiger partial charge in [0.15, 0.2) is 5.78 Å². The van der Waals surface area contributed by atoms with E-state index in [9.17, 15) is 4.79 Å². The molecule has 0 saturated carbocycles. The summed E-state index contributed by atoms with van der Waals surface area (Å²) in [4.78, 5) is 13.0. The average Bonchev–Trinajstić information content (AvgIpc) is 2.82. The maximum Gasteiger partial charge on any atom is 0.189 e. The highest BCUT2D eigenvalue weighted by Gasteiger charge is 2.10. The zero-order chi connectivity index (χ0) is 13.3. The standard InChI is InChI=1S/C12H10Br2N2OS/c1-7-9(6-15-16(7)2)11(17)4-3-8-5-10(13)12(14)18-8/h3-6H,1-2H3/b4-3+. The van der Waals surface area contributed by atoms with Crippen molar-refractivity contribution in [2.75, 3.05) is 0 Å². The summed E-state index contributed by atoms with van der Waals surface area (Å²) in [5.74, 6) is -0.0266. The fourth-order valence-electron chi connectivity index (χ4n) is 1.43. The SMILES string of the molecule is Cc1c(C(=O)/C=C/c2cc(Br)c(Br)s2)cnn1C. The normalized spacial score (nSPS) is 11.3. The van der Waals surface area contributed by atoms with Crippen molar-refractivity contribution in [3.63, 3.8) is 0 Å². The lowest BCUT2D eigenvalue weighted by atomic mass is 10.1.